The van der Waals surface area contributed by atoms with Crippen LogP contribution in [0.3, 0.4) is 0 Å². The largest absolute Gasteiger partial charge is 0.391 e. The molecular weight excluding hydrogens is 186 g/mol. The van der Waals surface area contributed by atoms with Gasteiger partial charge in [0.1, 0.15) is 0 Å². The standard InChI is InChI=1S/C13H21NO/c1-13(2,3)9-11(15)12(14)10-7-5-4-6-8-10/h4-8,11-12,15H,9,14H2,1-3H3. The summed E-state index contributed by atoms with van der Waals surface area (Å²) in [5, 5.41) is 9.98. The highest BCUT2D eigenvalue weighted by molar-refractivity contribution is 5.19. The molecule has 0 heterocycles. The van der Waals surface area contributed by atoms with Crippen molar-refractivity contribution in [3.8, 4) is 0 Å². The second kappa shape index (κ2) is 4.77. The normalized spacial score (nSPS) is 16.1. The first kappa shape index (κ1) is 12.2. The maximum absolute atomic E-state index is 9.98. The van der Waals surface area contributed by atoms with Crippen LogP contribution in [0.1, 0.15) is 38.8 Å². The van der Waals surface area contributed by atoms with Gasteiger partial charge in [0.2, 0.25) is 0 Å². The maximum atomic E-state index is 9.98. The third-order valence-electron chi connectivity index (χ3n) is 2.42. The first-order valence-corrected chi connectivity index (χ1v) is 5.39. The topological polar surface area (TPSA) is 46.2 Å². The van der Waals surface area contributed by atoms with Crippen molar-refractivity contribution in [3.63, 3.8) is 0 Å². The molecule has 1 aromatic rings. The third kappa shape index (κ3) is 4.02. The van der Waals surface area contributed by atoms with Gasteiger partial charge in [-0.3, -0.25) is 0 Å². The number of hydrogen-bond donors (Lipinski definition) is 2. The lowest BCUT2D eigenvalue weighted by Crippen LogP contribution is -2.30. The average molecular weight is 207 g/mol. The Hall–Kier alpha value is -0.860. The number of benzene rings is 1. The molecule has 3 N–H and O–H groups in total. The molecule has 0 aliphatic heterocycles. The highest BCUT2D eigenvalue weighted by Crippen LogP contribution is 2.26. The Bertz CT molecular complexity index is 289. The molecule has 0 saturated carbocycles. The van der Waals surface area contributed by atoms with E-state index >= 15 is 0 Å². The molecule has 0 aromatic heterocycles. The highest BCUT2D eigenvalue weighted by atomic mass is 16.3. The molecule has 2 nitrogen and oxygen atoms in total. The molecule has 0 radical (unpaired) electrons. The quantitative estimate of drug-likeness (QED) is 0.800. The van der Waals surface area contributed by atoms with E-state index in [9.17, 15) is 5.11 Å². The van der Waals surface area contributed by atoms with Gasteiger partial charge in [-0.1, -0.05) is 51.1 Å². The van der Waals surface area contributed by atoms with E-state index in [0.717, 1.165) is 5.56 Å². The minimum Gasteiger partial charge on any atom is -0.391 e. The molecular formula is C13H21NO. The molecule has 0 aliphatic carbocycles. The fraction of sp³-hybridized carbons (Fsp3) is 0.538. The minimum atomic E-state index is -0.479. The van der Waals surface area contributed by atoms with E-state index in [4.69, 9.17) is 5.73 Å². The van der Waals surface area contributed by atoms with Crippen LogP contribution >= 0.6 is 0 Å². The summed E-state index contributed by atoms with van der Waals surface area (Å²) in [5.74, 6) is 0. The summed E-state index contributed by atoms with van der Waals surface area (Å²) < 4.78 is 0. The highest BCUT2D eigenvalue weighted by Gasteiger charge is 2.22. The van der Waals surface area contributed by atoms with Crippen LogP contribution in [0.2, 0.25) is 0 Å². The van der Waals surface area contributed by atoms with Crippen LogP contribution in [0.25, 0.3) is 0 Å². The molecule has 0 spiro atoms. The predicted molar refractivity (Wildman–Crippen MR) is 63.4 cm³/mol. The van der Waals surface area contributed by atoms with Crippen molar-refractivity contribution in [1.29, 1.82) is 0 Å². The van der Waals surface area contributed by atoms with Gasteiger partial charge in [-0.25, -0.2) is 0 Å². The van der Waals surface area contributed by atoms with E-state index in [0.29, 0.717) is 6.42 Å². The van der Waals surface area contributed by atoms with Gasteiger partial charge in [-0.15, -0.1) is 0 Å². The number of nitrogens with two attached hydrogens (primary N) is 1. The summed E-state index contributed by atoms with van der Waals surface area (Å²) in [6.45, 7) is 6.32. The molecule has 1 aromatic carbocycles. The van der Waals surface area contributed by atoms with Crippen LogP contribution in [0, 0.1) is 5.41 Å². The van der Waals surface area contributed by atoms with E-state index in [1.807, 2.05) is 30.3 Å². The molecule has 0 bridgehead atoms. The Balaban J connectivity index is 2.65. The molecule has 0 amide bonds. The van der Waals surface area contributed by atoms with Crippen LogP contribution in [-0.4, -0.2) is 11.2 Å². The van der Waals surface area contributed by atoms with E-state index in [-0.39, 0.29) is 11.5 Å². The van der Waals surface area contributed by atoms with Gasteiger partial charge in [-0.2, -0.15) is 0 Å². The Labute approximate surface area is 92.1 Å². The summed E-state index contributed by atoms with van der Waals surface area (Å²) in [5.41, 5.74) is 7.09. The minimum absolute atomic E-state index is 0.103. The SMILES string of the molecule is CC(C)(C)CC(O)C(N)c1ccccc1. The third-order valence-corrected chi connectivity index (χ3v) is 2.42. The summed E-state index contributed by atoms with van der Waals surface area (Å²) in [6.07, 6.45) is 0.232. The van der Waals surface area contributed by atoms with Gasteiger partial charge in [0, 0.05) is 0 Å². The number of aliphatic hydroxyl groups excluding tert-OH is 1. The Morgan fingerprint density at radius 3 is 2.20 bits per heavy atom. The van der Waals surface area contributed by atoms with Gasteiger partial charge in [-0.05, 0) is 17.4 Å². The van der Waals surface area contributed by atoms with Crippen molar-refractivity contribution < 1.29 is 5.11 Å². The molecule has 0 saturated heterocycles. The van der Waals surface area contributed by atoms with Gasteiger partial charge in [0.15, 0.2) is 0 Å². The fourth-order valence-corrected chi connectivity index (χ4v) is 1.65. The second-order valence-corrected chi connectivity index (χ2v) is 5.27. The number of aliphatic hydroxyl groups is 1. The summed E-state index contributed by atoms with van der Waals surface area (Å²) >= 11 is 0. The summed E-state index contributed by atoms with van der Waals surface area (Å²) in [4.78, 5) is 0. The first-order chi connectivity index (χ1) is 6.90. The smallest absolute Gasteiger partial charge is 0.0737 e. The second-order valence-electron chi connectivity index (χ2n) is 5.27. The molecule has 84 valence electrons. The van der Waals surface area contributed by atoms with Crippen molar-refractivity contribution in [2.75, 3.05) is 0 Å². The van der Waals surface area contributed by atoms with Crippen LogP contribution in [-0.2, 0) is 0 Å². The van der Waals surface area contributed by atoms with Gasteiger partial charge < -0.3 is 10.8 Å². The van der Waals surface area contributed by atoms with E-state index in [1.165, 1.54) is 0 Å². The molecule has 2 atom stereocenters. The molecule has 15 heavy (non-hydrogen) atoms. The monoisotopic (exact) mass is 207 g/mol. The van der Waals surface area contributed by atoms with Crippen LogP contribution in [0.5, 0.6) is 0 Å². The summed E-state index contributed by atoms with van der Waals surface area (Å²) in [6, 6.07) is 9.46. The lowest BCUT2D eigenvalue weighted by atomic mass is 9.85. The zero-order valence-electron chi connectivity index (χ0n) is 9.77. The zero-order chi connectivity index (χ0) is 11.5. The zero-order valence-corrected chi connectivity index (χ0v) is 9.77. The van der Waals surface area contributed by atoms with Crippen LogP contribution in [0.4, 0.5) is 0 Å². The molecule has 0 fully saturated rings. The Morgan fingerprint density at radius 1 is 1.20 bits per heavy atom. The van der Waals surface area contributed by atoms with E-state index < -0.39 is 6.10 Å². The predicted octanol–water partition coefficient (Wildman–Crippen LogP) is 2.48. The first-order valence-electron chi connectivity index (χ1n) is 5.39. The lowest BCUT2D eigenvalue weighted by molar-refractivity contribution is 0.0966. The van der Waals surface area contributed by atoms with E-state index in [1.54, 1.807) is 0 Å². The maximum Gasteiger partial charge on any atom is 0.0737 e. The molecule has 2 unspecified atom stereocenters. The van der Waals surface area contributed by atoms with Gasteiger partial charge in [0.25, 0.3) is 0 Å². The van der Waals surface area contributed by atoms with Crippen molar-refractivity contribution in [1.82, 2.24) is 0 Å². The number of rotatable bonds is 3. The Kier molecular flexibility index (Phi) is 3.89. The lowest BCUT2D eigenvalue weighted by Gasteiger charge is -2.26. The van der Waals surface area contributed by atoms with Crippen LogP contribution < -0.4 is 5.73 Å². The van der Waals surface area contributed by atoms with Crippen molar-refractivity contribution in [2.24, 2.45) is 11.1 Å². The van der Waals surface area contributed by atoms with Crippen molar-refractivity contribution in [3.05, 3.63) is 35.9 Å². The molecule has 0 aliphatic rings. The number of hydrogen-bond acceptors (Lipinski definition) is 2. The fourth-order valence-electron chi connectivity index (χ4n) is 1.65. The Morgan fingerprint density at radius 2 is 1.73 bits per heavy atom. The molecule has 2 heteroatoms. The summed E-state index contributed by atoms with van der Waals surface area (Å²) in [7, 11) is 0. The van der Waals surface area contributed by atoms with Gasteiger partial charge in [0.05, 0.1) is 12.1 Å². The van der Waals surface area contributed by atoms with Gasteiger partial charge >= 0.3 is 0 Å². The van der Waals surface area contributed by atoms with Crippen molar-refractivity contribution >= 4 is 0 Å². The molecule has 1 rings (SSSR count). The van der Waals surface area contributed by atoms with Crippen molar-refractivity contribution in [2.45, 2.75) is 39.3 Å². The average Bonchev–Trinajstić information content (AvgIpc) is 2.15. The van der Waals surface area contributed by atoms with E-state index in [2.05, 4.69) is 20.8 Å². The van der Waals surface area contributed by atoms with Crippen LogP contribution in [0.15, 0.2) is 30.3 Å².